The first-order chi connectivity index (χ1) is 9.78. The number of pyridine rings is 1. The number of hydrogen-bond donors (Lipinski definition) is 1. The predicted molar refractivity (Wildman–Crippen MR) is 78.9 cm³/mol. The Morgan fingerprint density at radius 2 is 1.95 bits per heavy atom. The van der Waals surface area contributed by atoms with Gasteiger partial charge >= 0.3 is 0 Å². The molecule has 0 radical (unpaired) electrons. The molecule has 0 aliphatic carbocycles. The first kappa shape index (κ1) is 12.7. The highest BCUT2D eigenvalue weighted by Crippen LogP contribution is 2.15. The largest absolute Gasteiger partial charge is 0.497 e. The summed E-state index contributed by atoms with van der Waals surface area (Å²) in [5.41, 5.74) is 9.95. The van der Waals surface area contributed by atoms with E-state index in [0.717, 1.165) is 29.1 Å². The van der Waals surface area contributed by atoms with Crippen molar-refractivity contribution in [3.8, 4) is 5.75 Å². The van der Waals surface area contributed by atoms with Crippen molar-refractivity contribution in [1.82, 2.24) is 9.38 Å². The average Bonchev–Trinajstić information content (AvgIpc) is 2.89. The van der Waals surface area contributed by atoms with Gasteiger partial charge in [-0.25, -0.2) is 4.98 Å². The molecule has 2 aromatic heterocycles. The second-order valence-electron chi connectivity index (χ2n) is 4.76. The third kappa shape index (κ3) is 2.51. The summed E-state index contributed by atoms with van der Waals surface area (Å²) in [6.07, 6.45) is 4.87. The fourth-order valence-electron chi connectivity index (χ4n) is 2.24. The van der Waals surface area contributed by atoms with Crippen LogP contribution < -0.4 is 10.5 Å². The molecular weight excluding hydrogens is 250 g/mol. The fraction of sp³-hybridized carbons (Fsp3) is 0.188. The molecule has 1 aromatic carbocycles. The number of methoxy groups -OCH3 is 1. The molecule has 0 atom stereocenters. The lowest BCUT2D eigenvalue weighted by Gasteiger charge is -2.01. The summed E-state index contributed by atoms with van der Waals surface area (Å²) in [5.74, 6) is 0.872. The lowest BCUT2D eigenvalue weighted by Crippen LogP contribution is -1.96. The summed E-state index contributed by atoms with van der Waals surface area (Å²) in [5, 5.41) is 0. The van der Waals surface area contributed by atoms with Gasteiger partial charge in [-0.2, -0.15) is 0 Å². The molecule has 2 N–H and O–H groups in total. The van der Waals surface area contributed by atoms with Crippen molar-refractivity contribution in [3.05, 3.63) is 65.6 Å². The monoisotopic (exact) mass is 267 g/mol. The van der Waals surface area contributed by atoms with Crippen LogP contribution in [0.2, 0.25) is 0 Å². The zero-order valence-corrected chi connectivity index (χ0v) is 11.4. The number of benzene rings is 1. The van der Waals surface area contributed by atoms with Crippen molar-refractivity contribution in [3.63, 3.8) is 0 Å². The third-order valence-corrected chi connectivity index (χ3v) is 3.35. The summed E-state index contributed by atoms with van der Waals surface area (Å²) in [4.78, 5) is 4.64. The summed E-state index contributed by atoms with van der Waals surface area (Å²) in [7, 11) is 1.67. The summed E-state index contributed by atoms with van der Waals surface area (Å²) in [6, 6.07) is 12.1. The lowest BCUT2D eigenvalue weighted by atomic mass is 10.1. The normalized spacial score (nSPS) is 10.9. The zero-order valence-electron chi connectivity index (χ0n) is 11.4. The van der Waals surface area contributed by atoms with Crippen molar-refractivity contribution in [2.45, 2.75) is 13.0 Å². The van der Waals surface area contributed by atoms with Crippen LogP contribution in [-0.4, -0.2) is 16.5 Å². The van der Waals surface area contributed by atoms with E-state index in [1.54, 1.807) is 7.11 Å². The number of rotatable bonds is 4. The van der Waals surface area contributed by atoms with E-state index in [2.05, 4.69) is 23.3 Å². The van der Waals surface area contributed by atoms with Gasteiger partial charge in [0.2, 0.25) is 0 Å². The minimum absolute atomic E-state index is 0.539. The minimum atomic E-state index is 0.539. The Hall–Kier alpha value is -2.33. The summed E-state index contributed by atoms with van der Waals surface area (Å²) < 4.78 is 7.19. The number of imidazole rings is 1. The van der Waals surface area contributed by atoms with Crippen LogP contribution in [-0.2, 0) is 13.0 Å². The number of nitrogens with zero attached hydrogens (tertiary/aromatic N) is 2. The maximum Gasteiger partial charge on any atom is 0.137 e. The van der Waals surface area contributed by atoms with Crippen LogP contribution in [0, 0.1) is 0 Å². The molecule has 2 heterocycles. The molecule has 0 saturated heterocycles. The van der Waals surface area contributed by atoms with Crippen LogP contribution >= 0.6 is 0 Å². The van der Waals surface area contributed by atoms with Gasteiger partial charge in [0.05, 0.1) is 12.8 Å². The Balaban J connectivity index is 1.86. The number of fused-ring (bicyclic) bond motifs is 1. The van der Waals surface area contributed by atoms with E-state index in [1.165, 1.54) is 5.56 Å². The Morgan fingerprint density at radius 1 is 1.15 bits per heavy atom. The molecule has 20 heavy (non-hydrogen) atoms. The molecule has 102 valence electrons. The van der Waals surface area contributed by atoms with Crippen LogP contribution in [0.25, 0.3) is 5.65 Å². The number of ether oxygens (including phenoxy) is 1. The molecule has 0 spiro atoms. The van der Waals surface area contributed by atoms with Gasteiger partial charge in [0.15, 0.2) is 0 Å². The van der Waals surface area contributed by atoms with E-state index in [4.69, 9.17) is 10.5 Å². The topological polar surface area (TPSA) is 52.5 Å². The molecule has 4 heteroatoms. The van der Waals surface area contributed by atoms with Gasteiger partial charge in [-0.3, -0.25) is 0 Å². The van der Waals surface area contributed by atoms with Gasteiger partial charge in [-0.15, -0.1) is 0 Å². The van der Waals surface area contributed by atoms with Crippen molar-refractivity contribution in [2.75, 3.05) is 7.11 Å². The first-order valence-electron chi connectivity index (χ1n) is 6.58. The second-order valence-corrected chi connectivity index (χ2v) is 4.76. The van der Waals surface area contributed by atoms with Gasteiger partial charge in [0.1, 0.15) is 11.4 Å². The second kappa shape index (κ2) is 5.35. The van der Waals surface area contributed by atoms with E-state index in [-0.39, 0.29) is 0 Å². The van der Waals surface area contributed by atoms with Gasteiger partial charge in [0, 0.05) is 25.4 Å². The molecular formula is C16H17N3O. The van der Waals surface area contributed by atoms with E-state index >= 15 is 0 Å². The smallest absolute Gasteiger partial charge is 0.137 e. The molecule has 0 aliphatic rings. The fourth-order valence-corrected chi connectivity index (χ4v) is 2.24. The van der Waals surface area contributed by atoms with Gasteiger partial charge < -0.3 is 14.9 Å². The van der Waals surface area contributed by atoms with Crippen LogP contribution in [0.1, 0.15) is 16.8 Å². The van der Waals surface area contributed by atoms with Crippen molar-refractivity contribution in [1.29, 1.82) is 0 Å². The van der Waals surface area contributed by atoms with Crippen molar-refractivity contribution >= 4 is 5.65 Å². The molecule has 0 saturated carbocycles. The van der Waals surface area contributed by atoms with Crippen molar-refractivity contribution < 1.29 is 4.74 Å². The summed E-state index contributed by atoms with van der Waals surface area (Å²) in [6.45, 7) is 0.539. The van der Waals surface area contributed by atoms with Crippen LogP contribution in [0.4, 0.5) is 0 Å². The predicted octanol–water partition coefficient (Wildman–Crippen LogP) is 2.39. The molecule has 0 fully saturated rings. The van der Waals surface area contributed by atoms with Crippen LogP contribution in [0.3, 0.4) is 0 Å². The number of hydrogen-bond acceptors (Lipinski definition) is 3. The Morgan fingerprint density at radius 3 is 2.65 bits per heavy atom. The maximum absolute atomic E-state index is 5.65. The number of aromatic nitrogens is 2. The minimum Gasteiger partial charge on any atom is -0.497 e. The highest BCUT2D eigenvalue weighted by atomic mass is 16.5. The van der Waals surface area contributed by atoms with Gasteiger partial charge in [-0.05, 0) is 35.4 Å². The molecule has 0 bridgehead atoms. The molecule has 3 rings (SSSR count). The molecule has 4 nitrogen and oxygen atoms in total. The van der Waals surface area contributed by atoms with Crippen LogP contribution in [0.5, 0.6) is 5.75 Å². The highest BCUT2D eigenvalue weighted by Gasteiger charge is 2.04. The molecule has 3 aromatic rings. The Kier molecular flexibility index (Phi) is 3.39. The quantitative estimate of drug-likeness (QED) is 0.789. The summed E-state index contributed by atoms with van der Waals surface area (Å²) >= 11 is 0. The van der Waals surface area contributed by atoms with Crippen molar-refractivity contribution in [2.24, 2.45) is 5.73 Å². The lowest BCUT2D eigenvalue weighted by molar-refractivity contribution is 0.414. The standard InChI is InChI=1S/C16H17N3O/c1-20-15-4-2-12(3-5-15)8-14-11-19-7-6-13(10-17)9-16(19)18-14/h2-7,9,11H,8,10,17H2,1H3. The Bertz CT molecular complexity index is 716. The van der Waals surface area contributed by atoms with Gasteiger partial charge in [-0.1, -0.05) is 12.1 Å². The van der Waals surface area contributed by atoms with Gasteiger partial charge in [0.25, 0.3) is 0 Å². The third-order valence-electron chi connectivity index (χ3n) is 3.35. The van der Waals surface area contributed by atoms with E-state index < -0.39 is 0 Å². The highest BCUT2D eigenvalue weighted by molar-refractivity contribution is 5.43. The number of nitrogens with two attached hydrogens (primary N) is 1. The maximum atomic E-state index is 5.65. The first-order valence-corrected chi connectivity index (χ1v) is 6.58. The molecule has 0 aliphatic heterocycles. The molecule has 0 unspecified atom stereocenters. The van der Waals surface area contributed by atoms with Crippen LogP contribution in [0.15, 0.2) is 48.8 Å². The SMILES string of the molecule is COc1ccc(Cc2cn3ccc(CN)cc3n2)cc1. The zero-order chi connectivity index (χ0) is 13.9. The van der Waals surface area contributed by atoms with E-state index in [0.29, 0.717) is 6.54 Å². The van der Waals surface area contributed by atoms with E-state index in [1.807, 2.05) is 34.9 Å². The molecule has 0 amide bonds. The Labute approximate surface area is 117 Å². The average molecular weight is 267 g/mol. The van der Waals surface area contributed by atoms with E-state index in [9.17, 15) is 0 Å².